The lowest BCUT2D eigenvalue weighted by Gasteiger charge is -2.36. The molecule has 1 heterocycles. The predicted octanol–water partition coefficient (Wildman–Crippen LogP) is 3.62. The summed E-state index contributed by atoms with van der Waals surface area (Å²) < 4.78 is 0. The van der Waals surface area contributed by atoms with Crippen LogP contribution in [0, 0.1) is 19.3 Å². The van der Waals surface area contributed by atoms with Gasteiger partial charge in [-0.25, -0.2) is 9.97 Å². The maximum atomic E-state index is 6.18. The lowest BCUT2D eigenvalue weighted by Crippen LogP contribution is -2.40. The summed E-state index contributed by atoms with van der Waals surface area (Å²) in [4.78, 5) is 11.0. The zero-order chi connectivity index (χ0) is 13.4. The number of hydrogen-bond acceptors (Lipinski definition) is 3. The first-order valence-corrected chi connectivity index (χ1v) is 6.26. The van der Waals surface area contributed by atoms with Crippen molar-refractivity contribution in [1.82, 2.24) is 9.97 Å². The largest absolute Gasteiger partial charge is 0.354 e. The standard InChI is InChI=1S/C13H22ClN3/c1-8-9(2)16-12(11(14)15-8)17(7)10(3)13(4,5)6/h10H,1-7H3. The second-order valence-corrected chi connectivity index (χ2v) is 6.02. The molecule has 0 aromatic carbocycles. The normalized spacial score (nSPS) is 13.6. The van der Waals surface area contributed by atoms with Gasteiger partial charge in [-0.05, 0) is 26.2 Å². The van der Waals surface area contributed by atoms with Gasteiger partial charge in [0.15, 0.2) is 11.0 Å². The quantitative estimate of drug-likeness (QED) is 0.808. The van der Waals surface area contributed by atoms with E-state index in [4.69, 9.17) is 11.6 Å². The van der Waals surface area contributed by atoms with Gasteiger partial charge >= 0.3 is 0 Å². The molecule has 1 aromatic rings. The highest BCUT2D eigenvalue weighted by atomic mass is 35.5. The minimum atomic E-state index is 0.165. The Morgan fingerprint density at radius 1 is 1.12 bits per heavy atom. The van der Waals surface area contributed by atoms with Crippen LogP contribution < -0.4 is 4.90 Å². The van der Waals surface area contributed by atoms with Crippen molar-refractivity contribution >= 4 is 17.4 Å². The van der Waals surface area contributed by atoms with Crippen molar-refractivity contribution in [3.05, 3.63) is 16.5 Å². The zero-order valence-corrected chi connectivity index (χ0v) is 12.6. The molecular weight excluding hydrogens is 234 g/mol. The minimum Gasteiger partial charge on any atom is -0.354 e. The molecule has 0 N–H and O–H groups in total. The van der Waals surface area contributed by atoms with Crippen LogP contribution in [0.4, 0.5) is 5.82 Å². The molecule has 1 rings (SSSR count). The van der Waals surface area contributed by atoms with Crippen LogP contribution in [0.5, 0.6) is 0 Å². The fourth-order valence-corrected chi connectivity index (χ4v) is 1.86. The molecule has 4 heteroatoms. The van der Waals surface area contributed by atoms with Crippen molar-refractivity contribution in [1.29, 1.82) is 0 Å². The van der Waals surface area contributed by atoms with Crippen molar-refractivity contribution in [2.24, 2.45) is 5.41 Å². The second-order valence-electron chi connectivity index (χ2n) is 5.66. The van der Waals surface area contributed by atoms with Gasteiger partial charge in [-0.15, -0.1) is 0 Å². The summed E-state index contributed by atoms with van der Waals surface area (Å²) >= 11 is 6.18. The summed E-state index contributed by atoms with van der Waals surface area (Å²) in [6.45, 7) is 12.7. The Morgan fingerprint density at radius 3 is 2.06 bits per heavy atom. The van der Waals surface area contributed by atoms with E-state index < -0.39 is 0 Å². The molecule has 0 fully saturated rings. The Hall–Kier alpha value is -0.830. The molecule has 0 aliphatic rings. The first-order chi connectivity index (χ1) is 7.64. The van der Waals surface area contributed by atoms with Crippen LogP contribution in [-0.2, 0) is 0 Å². The number of aromatic nitrogens is 2. The van der Waals surface area contributed by atoms with Gasteiger partial charge < -0.3 is 4.90 Å². The molecule has 0 aliphatic heterocycles. The van der Waals surface area contributed by atoms with E-state index in [0.29, 0.717) is 11.2 Å². The Morgan fingerprint density at radius 2 is 1.59 bits per heavy atom. The predicted molar refractivity (Wildman–Crippen MR) is 73.8 cm³/mol. The average molecular weight is 256 g/mol. The van der Waals surface area contributed by atoms with E-state index in [2.05, 4.69) is 42.6 Å². The highest BCUT2D eigenvalue weighted by Gasteiger charge is 2.26. The second kappa shape index (κ2) is 4.81. The maximum absolute atomic E-state index is 6.18. The molecule has 1 unspecified atom stereocenters. The number of nitrogens with zero attached hydrogens (tertiary/aromatic N) is 3. The fourth-order valence-electron chi connectivity index (χ4n) is 1.55. The van der Waals surface area contributed by atoms with E-state index in [-0.39, 0.29) is 5.41 Å². The van der Waals surface area contributed by atoms with E-state index >= 15 is 0 Å². The summed E-state index contributed by atoms with van der Waals surface area (Å²) in [6.07, 6.45) is 0. The molecule has 17 heavy (non-hydrogen) atoms. The van der Waals surface area contributed by atoms with Gasteiger partial charge in [0.1, 0.15) is 0 Å². The number of aryl methyl sites for hydroxylation is 2. The van der Waals surface area contributed by atoms with Gasteiger partial charge in [-0.2, -0.15) is 0 Å². The molecule has 0 saturated carbocycles. The third-order valence-electron chi connectivity index (χ3n) is 3.42. The SMILES string of the molecule is Cc1nc(Cl)c(N(C)C(C)C(C)(C)C)nc1C. The van der Waals surface area contributed by atoms with Crippen molar-refractivity contribution in [2.75, 3.05) is 11.9 Å². The number of anilines is 1. The molecule has 0 spiro atoms. The van der Waals surface area contributed by atoms with Gasteiger partial charge in [-0.3, -0.25) is 0 Å². The van der Waals surface area contributed by atoms with Gasteiger partial charge in [0.05, 0.1) is 11.4 Å². The molecule has 1 aromatic heterocycles. The molecular formula is C13H22ClN3. The molecule has 0 bridgehead atoms. The Kier molecular flexibility index (Phi) is 4.03. The summed E-state index contributed by atoms with van der Waals surface area (Å²) in [5.74, 6) is 0.761. The maximum Gasteiger partial charge on any atom is 0.171 e. The highest BCUT2D eigenvalue weighted by Crippen LogP contribution is 2.29. The van der Waals surface area contributed by atoms with Crippen LogP contribution in [0.15, 0.2) is 0 Å². The lowest BCUT2D eigenvalue weighted by atomic mass is 9.87. The molecule has 0 radical (unpaired) electrons. The Labute approximate surface area is 109 Å². The van der Waals surface area contributed by atoms with E-state index in [1.165, 1.54) is 0 Å². The Bertz CT molecular complexity index is 410. The van der Waals surface area contributed by atoms with Crippen LogP contribution in [0.1, 0.15) is 39.1 Å². The summed E-state index contributed by atoms with van der Waals surface area (Å²) in [5, 5.41) is 0.478. The lowest BCUT2D eigenvalue weighted by molar-refractivity contribution is 0.328. The van der Waals surface area contributed by atoms with E-state index in [1.54, 1.807) is 0 Å². The van der Waals surface area contributed by atoms with Crippen LogP contribution in [-0.4, -0.2) is 23.1 Å². The van der Waals surface area contributed by atoms with E-state index in [1.807, 2.05) is 20.9 Å². The van der Waals surface area contributed by atoms with Crippen LogP contribution in [0.3, 0.4) is 0 Å². The highest BCUT2D eigenvalue weighted by molar-refractivity contribution is 6.31. The van der Waals surface area contributed by atoms with Gasteiger partial charge in [-0.1, -0.05) is 32.4 Å². The molecule has 3 nitrogen and oxygen atoms in total. The first kappa shape index (κ1) is 14.2. The van der Waals surface area contributed by atoms with Crippen molar-refractivity contribution in [3.63, 3.8) is 0 Å². The monoisotopic (exact) mass is 255 g/mol. The number of halogens is 1. The van der Waals surface area contributed by atoms with Crippen LogP contribution in [0.2, 0.25) is 5.15 Å². The summed E-state index contributed by atoms with van der Waals surface area (Å²) in [5.41, 5.74) is 1.98. The smallest absolute Gasteiger partial charge is 0.171 e. The molecule has 96 valence electrons. The third kappa shape index (κ3) is 3.09. The first-order valence-electron chi connectivity index (χ1n) is 5.88. The minimum absolute atomic E-state index is 0.165. The molecule has 0 aliphatic carbocycles. The third-order valence-corrected chi connectivity index (χ3v) is 3.67. The van der Waals surface area contributed by atoms with Crippen LogP contribution in [0.25, 0.3) is 0 Å². The van der Waals surface area contributed by atoms with E-state index in [9.17, 15) is 0 Å². The van der Waals surface area contributed by atoms with Crippen molar-refractivity contribution in [3.8, 4) is 0 Å². The van der Waals surface area contributed by atoms with Crippen LogP contribution >= 0.6 is 11.6 Å². The van der Waals surface area contributed by atoms with Gasteiger partial charge in [0.2, 0.25) is 0 Å². The average Bonchev–Trinajstić information content (AvgIpc) is 2.20. The topological polar surface area (TPSA) is 29.0 Å². The molecule has 0 saturated heterocycles. The fraction of sp³-hybridized carbons (Fsp3) is 0.692. The Balaban J connectivity index is 3.13. The number of rotatable bonds is 2. The zero-order valence-electron chi connectivity index (χ0n) is 11.8. The molecule has 1 atom stereocenters. The number of hydrogen-bond donors (Lipinski definition) is 0. The van der Waals surface area contributed by atoms with Gasteiger partial charge in [0, 0.05) is 13.1 Å². The van der Waals surface area contributed by atoms with Crippen molar-refractivity contribution in [2.45, 2.75) is 47.6 Å². The van der Waals surface area contributed by atoms with E-state index in [0.717, 1.165) is 17.2 Å². The summed E-state index contributed by atoms with van der Waals surface area (Å²) in [7, 11) is 2.01. The summed E-state index contributed by atoms with van der Waals surface area (Å²) in [6, 6.07) is 0.330. The molecule has 0 amide bonds. The van der Waals surface area contributed by atoms with Crippen molar-refractivity contribution < 1.29 is 0 Å². The van der Waals surface area contributed by atoms with Gasteiger partial charge in [0.25, 0.3) is 0 Å².